The average molecular weight is 279 g/mol. The number of hydrogen-bond acceptors (Lipinski definition) is 4. The Morgan fingerprint density at radius 3 is 2.40 bits per heavy atom. The molecule has 0 heterocycles. The maximum Gasteiger partial charge on any atom is 0.123 e. The SMILES string of the molecule is CNC(CC1(OC)CCC1)c1cc(OC)ccc1OC. The average Bonchev–Trinajstić information content (AvgIpc) is 2.46. The maximum atomic E-state index is 5.75. The van der Waals surface area contributed by atoms with Crippen molar-refractivity contribution in [1.29, 1.82) is 0 Å². The van der Waals surface area contributed by atoms with Gasteiger partial charge in [-0.1, -0.05) is 0 Å². The van der Waals surface area contributed by atoms with Gasteiger partial charge in [0, 0.05) is 18.7 Å². The Bertz CT molecular complexity index is 438. The van der Waals surface area contributed by atoms with Gasteiger partial charge in [-0.25, -0.2) is 0 Å². The molecule has 0 radical (unpaired) electrons. The van der Waals surface area contributed by atoms with Crippen LogP contribution in [0.3, 0.4) is 0 Å². The third-order valence-corrected chi connectivity index (χ3v) is 4.43. The second kappa shape index (κ2) is 6.46. The minimum Gasteiger partial charge on any atom is -0.497 e. The van der Waals surface area contributed by atoms with Crippen LogP contribution in [0, 0.1) is 0 Å². The summed E-state index contributed by atoms with van der Waals surface area (Å²) >= 11 is 0. The standard InChI is InChI=1S/C16H25NO3/c1-17-14(11-16(20-4)8-5-9-16)13-10-12(18-2)6-7-15(13)19-3/h6-7,10,14,17H,5,8-9,11H2,1-4H3. The fourth-order valence-corrected chi connectivity index (χ4v) is 2.91. The fraction of sp³-hybridized carbons (Fsp3) is 0.625. The van der Waals surface area contributed by atoms with Gasteiger partial charge in [0.2, 0.25) is 0 Å². The van der Waals surface area contributed by atoms with Crippen LogP contribution in [0.4, 0.5) is 0 Å². The monoisotopic (exact) mass is 279 g/mol. The van der Waals surface area contributed by atoms with E-state index in [1.165, 1.54) is 6.42 Å². The van der Waals surface area contributed by atoms with Crippen LogP contribution in [0.1, 0.15) is 37.3 Å². The van der Waals surface area contributed by atoms with Gasteiger partial charge in [0.05, 0.1) is 19.8 Å². The van der Waals surface area contributed by atoms with Crippen molar-refractivity contribution in [1.82, 2.24) is 5.32 Å². The lowest BCUT2D eigenvalue weighted by Gasteiger charge is -2.43. The molecule has 1 aromatic rings. The first kappa shape index (κ1) is 15.1. The molecule has 0 bridgehead atoms. The smallest absolute Gasteiger partial charge is 0.123 e. The van der Waals surface area contributed by atoms with E-state index in [0.29, 0.717) is 0 Å². The normalized spacial score (nSPS) is 18.2. The molecule has 0 aliphatic heterocycles. The zero-order valence-electron chi connectivity index (χ0n) is 12.9. The molecule has 1 aromatic carbocycles. The number of benzene rings is 1. The molecule has 1 N–H and O–H groups in total. The van der Waals surface area contributed by atoms with Crippen LogP contribution in [-0.2, 0) is 4.74 Å². The van der Waals surface area contributed by atoms with Crippen molar-refractivity contribution in [3.05, 3.63) is 23.8 Å². The number of ether oxygens (including phenoxy) is 3. The topological polar surface area (TPSA) is 39.7 Å². The quantitative estimate of drug-likeness (QED) is 0.833. The van der Waals surface area contributed by atoms with E-state index in [-0.39, 0.29) is 11.6 Å². The summed E-state index contributed by atoms with van der Waals surface area (Å²) in [7, 11) is 7.18. The summed E-state index contributed by atoms with van der Waals surface area (Å²) in [5.41, 5.74) is 1.14. The van der Waals surface area contributed by atoms with Gasteiger partial charge >= 0.3 is 0 Å². The molecule has 1 aliphatic carbocycles. The van der Waals surface area contributed by atoms with E-state index in [2.05, 4.69) is 5.32 Å². The molecule has 0 aromatic heterocycles. The highest BCUT2D eigenvalue weighted by Gasteiger charge is 2.39. The largest absolute Gasteiger partial charge is 0.497 e. The van der Waals surface area contributed by atoms with E-state index in [9.17, 15) is 0 Å². The third kappa shape index (κ3) is 2.91. The van der Waals surface area contributed by atoms with Crippen LogP contribution in [-0.4, -0.2) is 34.0 Å². The molecule has 2 rings (SSSR count). The van der Waals surface area contributed by atoms with Gasteiger partial charge in [-0.05, 0) is 50.9 Å². The van der Waals surface area contributed by atoms with Gasteiger partial charge in [0.25, 0.3) is 0 Å². The molecule has 20 heavy (non-hydrogen) atoms. The van der Waals surface area contributed by atoms with Gasteiger partial charge < -0.3 is 19.5 Å². The summed E-state index contributed by atoms with van der Waals surface area (Å²) in [5, 5.41) is 3.39. The third-order valence-electron chi connectivity index (χ3n) is 4.43. The Hall–Kier alpha value is -1.26. The van der Waals surface area contributed by atoms with Crippen molar-refractivity contribution in [3.63, 3.8) is 0 Å². The van der Waals surface area contributed by atoms with Gasteiger partial charge in [0.15, 0.2) is 0 Å². The summed E-state index contributed by atoms with van der Waals surface area (Å²) in [4.78, 5) is 0. The Balaban J connectivity index is 2.25. The van der Waals surface area contributed by atoms with Crippen molar-refractivity contribution in [2.45, 2.75) is 37.3 Å². The van der Waals surface area contributed by atoms with Crippen molar-refractivity contribution >= 4 is 0 Å². The van der Waals surface area contributed by atoms with E-state index in [1.807, 2.05) is 32.4 Å². The lowest BCUT2D eigenvalue weighted by Crippen LogP contribution is -2.42. The molecule has 0 amide bonds. The van der Waals surface area contributed by atoms with Crippen molar-refractivity contribution in [2.24, 2.45) is 0 Å². The van der Waals surface area contributed by atoms with E-state index in [1.54, 1.807) is 14.2 Å². The molecule has 4 nitrogen and oxygen atoms in total. The van der Waals surface area contributed by atoms with E-state index < -0.39 is 0 Å². The highest BCUT2D eigenvalue weighted by Crippen LogP contribution is 2.43. The van der Waals surface area contributed by atoms with Gasteiger partial charge in [-0.2, -0.15) is 0 Å². The first-order chi connectivity index (χ1) is 9.68. The zero-order valence-corrected chi connectivity index (χ0v) is 12.9. The summed E-state index contributed by atoms with van der Waals surface area (Å²) in [6.07, 6.45) is 4.46. The first-order valence-electron chi connectivity index (χ1n) is 7.12. The number of nitrogens with one attached hydrogen (secondary N) is 1. The summed E-state index contributed by atoms with van der Waals surface area (Å²) in [5.74, 6) is 1.73. The lowest BCUT2D eigenvalue weighted by molar-refractivity contribution is -0.0835. The summed E-state index contributed by atoms with van der Waals surface area (Å²) in [6, 6.07) is 6.12. The van der Waals surface area contributed by atoms with Crippen molar-refractivity contribution in [3.8, 4) is 11.5 Å². The molecule has 4 heteroatoms. The van der Waals surface area contributed by atoms with E-state index in [0.717, 1.165) is 36.3 Å². The molecule has 1 unspecified atom stereocenters. The van der Waals surface area contributed by atoms with E-state index >= 15 is 0 Å². The minimum absolute atomic E-state index is 0.0156. The molecule has 1 saturated carbocycles. The highest BCUT2D eigenvalue weighted by atomic mass is 16.5. The highest BCUT2D eigenvalue weighted by molar-refractivity contribution is 5.42. The predicted molar refractivity (Wildman–Crippen MR) is 79.6 cm³/mol. The van der Waals surface area contributed by atoms with Crippen LogP contribution in [0.2, 0.25) is 0 Å². The molecule has 1 aliphatic rings. The molecular weight excluding hydrogens is 254 g/mol. The first-order valence-corrected chi connectivity index (χ1v) is 7.12. The molecular formula is C16H25NO3. The summed E-state index contributed by atoms with van der Waals surface area (Å²) in [6.45, 7) is 0. The van der Waals surface area contributed by atoms with Crippen LogP contribution >= 0.6 is 0 Å². The molecule has 0 spiro atoms. The number of rotatable bonds is 7. The van der Waals surface area contributed by atoms with Crippen LogP contribution < -0.4 is 14.8 Å². The fourth-order valence-electron chi connectivity index (χ4n) is 2.91. The van der Waals surface area contributed by atoms with Gasteiger partial charge in [0.1, 0.15) is 11.5 Å². The second-order valence-corrected chi connectivity index (χ2v) is 5.39. The van der Waals surface area contributed by atoms with Crippen molar-refractivity contribution in [2.75, 3.05) is 28.4 Å². The van der Waals surface area contributed by atoms with Crippen LogP contribution in [0.25, 0.3) is 0 Å². The molecule has 112 valence electrons. The Labute approximate surface area is 121 Å². The minimum atomic E-state index is 0.0156. The van der Waals surface area contributed by atoms with Crippen LogP contribution in [0.15, 0.2) is 18.2 Å². The lowest BCUT2D eigenvalue weighted by atomic mass is 9.74. The zero-order chi connectivity index (χ0) is 14.6. The van der Waals surface area contributed by atoms with Crippen LogP contribution in [0.5, 0.6) is 11.5 Å². The summed E-state index contributed by atoms with van der Waals surface area (Å²) < 4.78 is 16.6. The van der Waals surface area contributed by atoms with Gasteiger partial charge in [-0.3, -0.25) is 0 Å². The Kier molecular flexibility index (Phi) is 4.89. The second-order valence-electron chi connectivity index (χ2n) is 5.39. The molecule has 1 atom stereocenters. The maximum absolute atomic E-state index is 5.75. The van der Waals surface area contributed by atoms with Crippen molar-refractivity contribution < 1.29 is 14.2 Å². The molecule has 1 fully saturated rings. The predicted octanol–water partition coefficient (Wildman–Crippen LogP) is 2.92. The Morgan fingerprint density at radius 1 is 1.20 bits per heavy atom. The van der Waals surface area contributed by atoms with Gasteiger partial charge in [-0.15, -0.1) is 0 Å². The number of methoxy groups -OCH3 is 3. The molecule has 0 saturated heterocycles. The Morgan fingerprint density at radius 2 is 1.95 bits per heavy atom. The number of hydrogen-bond donors (Lipinski definition) is 1. The van der Waals surface area contributed by atoms with E-state index in [4.69, 9.17) is 14.2 Å².